The Hall–Kier alpha value is -2.03. The molecule has 5 nitrogen and oxygen atoms in total. The van der Waals surface area contributed by atoms with E-state index < -0.39 is 0 Å². The quantitative estimate of drug-likeness (QED) is 0.420. The normalized spacial score (nSPS) is 14.1. The van der Waals surface area contributed by atoms with Crippen LogP contribution >= 0.6 is 34.4 Å². The fourth-order valence-corrected chi connectivity index (χ4v) is 6.02. The molecule has 1 aromatic carbocycles. The van der Waals surface area contributed by atoms with Gasteiger partial charge < -0.3 is 5.32 Å². The number of nitrogens with zero attached hydrogens (tertiary/aromatic N) is 3. The van der Waals surface area contributed by atoms with Crippen molar-refractivity contribution in [2.45, 2.75) is 36.9 Å². The lowest BCUT2D eigenvalue weighted by atomic mass is 10.1. The number of hydrogen-bond acceptors (Lipinski definition) is 7. The number of carbonyl (C=O) groups is 1. The van der Waals surface area contributed by atoms with E-state index in [0.717, 1.165) is 47.5 Å². The Morgan fingerprint density at radius 3 is 2.75 bits per heavy atom. The molecule has 0 spiro atoms. The molecule has 5 rings (SSSR count). The van der Waals surface area contributed by atoms with Gasteiger partial charge in [0.1, 0.15) is 10.7 Å². The maximum absolute atomic E-state index is 13.0. The molecule has 0 aliphatic heterocycles. The molecule has 0 saturated heterocycles. The van der Waals surface area contributed by atoms with Gasteiger partial charge >= 0.3 is 0 Å². The number of thiophene rings is 1. The third kappa shape index (κ3) is 3.09. The summed E-state index contributed by atoms with van der Waals surface area (Å²) in [4.78, 5) is 28.6. The number of hydrogen-bond donors (Lipinski definition) is 1. The van der Waals surface area contributed by atoms with E-state index in [0.29, 0.717) is 10.8 Å². The van der Waals surface area contributed by atoms with E-state index in [-0.39, 0.29) is 5.91 Å². The molecule has 142 valence electrons. The molecular formula is C20H18N4OS3. The summed E-state index contributed by atoms with van der Waals surface area (Å²) in [5.74, 6) is 1.33. The number of anilines is 1. The van der Waals surface area contributed by atoms with Crippen molar-refractivity contribution < 1.29 is 4.79 Å². The Kier molecular flexibility index (Phi) is 4.37. The summed E-state index contributed by atoms with van der Waals surface area (Å²) in [6, 6.07) is 5.85. The average molecular weight is 427 g/mol. The van der Waals surface area contributed by atoms with Gasteiger partial charge in [0.2, 0.25) is 0 Å². The first-order valence-corrected chi connectivity index (χ1v) is 11.9. The van der Waals surface area contributed by atoms with Crippen LogP contribution in [0.4, 0.5) is 5.69 Å². The van der Waals surface area contributed by atoms with Crippen molar-refractivity contribution in [1.82, 2.24) is 15.0 Å². The van der Waals surface area contributed by atoms with Crippen LogP contribution in [0.15, 0.2) is 22.5 Å². The van der Waals surface area contributed by atoms with Crippen molar-refractivity contribution in [2.75, 3.05) is 11.6 Å². The third-order valence-corrected chi connectivity index (χ3v) is 8.13. The second-order valence-corrected chi connectivity index (χ2v) is 10.1. The molecule has 4 aromatic rings. The first kappa shape index (κ1) is 18.0. The zero-order valence-corrected chi connectivity index (χ0v) is 18.1. The Bertz CT molecular complexity index is 1240. The molecule has 1 amide bonds. The molecule has 1 saturated carbocycles. The van der Waals surface area contributed by atoms with Crippen LogP contribution in [0.2, 0.25) is 0 Å². The predicted octanol–water partition coefficient (Wildman–Crippen LogP) is 5.77. The van der Waals surface area contributed by atoms with Crippen LogP contribution in [0, 0.1) is 13.8 Å². The van der Waals surface area contributed by atoms with Crippen LogP contribution in [0.1, 0.15) is 45.5 Å². The Labute approximate surface area is 174 Å². The van der Waals surface area contributed by atoms with Crippen LogP contribution in [0.3, 0.4) is 0 Å². The topological polar surface area (TPSA) is 67.8 Å². The molecule has 0 atom stereocenters. The van der Waals surface area contributed by atoms with Gasteiger partial charge in [-0.1, -0.05) is 11.8 Å². The summed E-state index contributed by atoms with van der Waals surface area (Å²) >= 11 is 4.73. The molecular weight excluding hydrogens is 408 g/mol. The number of aromatic nitrogens is 3. The van der Waals surface area contributed by atoms with E-state index in [1.54, 1.807) is 23.1 Å². The largest absolute Gasteiger partial charge is 0.321 e. The maximum atomic E-state index is 13.0. The number of nitrogens with one attached hydrogen (secondary N) is 1. The number of benzene rings is 1. The monoisotopic (exact) mass is 426 g/mol. The lowest BCUT2D eigenvalue weighted by Gasteiger charge is -2.04. The second-order valence-electron chi connectivity index (χ2n) is 7.00. The van der Waals surface area contributed by atoms with Crippen molar-refractivity contribution in [3.05, 3.63) is 40.2 Å². The highest BCUT2D eigenvalue weighted by Crippen LogP contribution is 2.40. The summed E-state index contributed by atoms with van der Waals surface area (Å²) in [6.07, 6.45) is 4.35. The molecule has 8 heteroatoms. The summed E-state index contributed by atoms with van der Waals surface area (Å²) in [5, 5.41) is 4.06. The van der Waals surface area contributed by atoms with Gasteiger partial charge in [0.15, 0.2) is 4.34 Å². The summed E-state index contributed by atoms with van der Waals surface area (Å²) < 4.78 is 2.10. The van der Waals surface area contributed by atoms with Gasteiger partial charge in [0.25, 0.3) is 5.91 Å². The fourth-order valence-electron chi connectivity index (χ4n) is 3.36. The number of fused-ring (bicyclic) bond motifs is 2. The van der Waals surface area contributed by atoms with Gasteiger partial charge in [-0.3, -0.25) is 4.79 Å². The van der Waals surface area contributed by atoms with Crippen LogP contribution in [-0.4, -0.2) is 27.1 Å². The Morgan fingerprint density at radius 2 is 2.00 bits per heavy atom. The van der Waals surface area contributed by atoms with Gasteiger partial charge in [0.05, 0.1) is 20.8 Å². The number of carbonyl (C=O) groups excluding carboxylic acids is 1. The van der Waals surface area contributed by atoms with E-state index in [4.69, 9.17) is 4.98 Å². The highest BCUT2D eigenvalue weighted by molar-refractivity contribution is 8.00. The molecule has 1 fully saturated rings. The molecule has 1 aliphatic rings. The number of amides is 1. The minimum Gasteiger partial charge on any atom is -0.321 e. The van der Waals surface area contributed by atoms with Crippen molar-refractivity contribution in [2.24, 2.45) is 0 Å². The van der Waals surface area contributed by atoms with E-state index in [9.17, 15) is 4.79 Å². The van der Waals surface area contributed by atoms with Crippen molar-refractivity contribution in [1.29, 1.82) is 0 Å². The zero-order chi connectivity index (χ0) is 19.4. The molecule has 0 unspecified atom stereocenters. The Morgan fingerprint density at radius 1 is 1.18 bits per heavy atom. The average Bonchev–Trinajstić information content (AvgIpc) is 3.36. The lowest BCUT2D eigenvalue weighted by Crippen LogP contribution is -2.11. The van der Waals surface area contributed by atoms with Gasteiger partial charge in [-0.05, 0) is 56.7 Å². The lowest BCUT2D eigenvalue weighted by molar-refractivity contribution is 0.103. The molecule has 3 heterocycles. The van der Waals surface area contributed by atoms with E-state index in [2.05, 4.69) is 15.3 Å². The van der Waals surface area contributed by atoms with Gasteiger partial charge in [-0.25, -0.2) is 15.0 Å². The van der Waals surface area contributed by atoms with E-state index >= 15 is 0 Å². The van der Waals surface area contributed by atoms with Gasteiger partial charge in [0, 0.05) is 17.0 Å². The molecule has 3 aromatic heterocycles. The highest BCUT2D eigenvalue weighted by Gasteiger charge is 2.28. The number of rotatable bonds is 4. The summed E-state index contributed by atoms with van der Waals surface area (Å²) in [6.45, 7) is 4.00. The van der Waals surface area contributed by atoms with Gasteiger partial charge in [-0.2, -0.15) is 0 Å². The molecule has 1 N–H and O–H groups in total. The zero-order valence-electron chi connectivity index (χ0n) is 15.7. The molecule has 28 heavy (non-hydrogen) atoms. The first-order chi connectivity index (χ1) is 13.5. The molecule has 1 aliphatic carbocycles. The van der Waals surface area contributed by atoms with Crippen LogP contribution in [0.25, 0.3) is 20.4 Å². The minimum absolute atomic E-state index is 0.0955. The standard InChI is InChI=1S/C20H18N4OS3/c1-9-15-10(2)21-17(11-4-5-11)24-19(15)28-16(9)18(25)22-12-6-7-13-14(8-12)27-20(23-13)26-3/h6-8,11H,4-5H2,1-3H3,(H,22,25). The highest BCUT2D eigenvalue weighted by atomic mass is 32.2. The number of thiazole rings is 1. The van der Waals surface area contributed by atoms with E-state index in [1.165, 1.54) is 24.2 Å². The molecule has 0 bridgehead atoms. The summed E-state index contributed by atoms with van der Waals surface area (Å²) in [7, 11) is 0. The van der Waals surface area contributed by atoms with E-state index in [1.807, 2.05) is 38.3 Å². The smallest absolute Gasteiger partial charge is 0.266 e. The predicted molar refractivity (Wildman–Crippen MR) is 118 cm³/mol. The number of thioether (sulfide) groups is 1. The van der Waals surface area contributed by atoms with Crippen molar-refractivity contribution in [3.8, 4) is 0 Å². The Balaban J connectivity index is 1.48. The van der Waals surface area contributed by atoms with Gasteiger partial charge in [-0.15, -0.1) is 22.7 Å². The van der Waals surface area contributed by atoms with Crippen LogP contribution < -0.4 is 5.32 Å². The van der Waals surface area contributed by atoms with Crippen molar-refractivity contribution in [3.63, 3.8) is 0 Å². The van der Waals surface area contributed by atoms with Crippen LogP contribution in [0.5, 0.6) is 0 Å². The van der Waals surface area contributed by atoms with Crippen molar-refractivity contribution >= 4 is 66.5 Å². The number of aryl methyl sites for hydroxylation is 2. The van der Waals surface area contributed by atoms with Crippen LogP contribution in [-0.2, 0) is 0 Å². The second kappa shape index (κ2) is 6.79. The SMILES string of the molecule is CSc1nc2ccc(NC(=O)c3sc4nc(C5CC5)nc(C)c4c3C)cc2s1. The third-order valence-electron chi connectivity index (χ3n) is 4.94. The minimum atomic E-state index is -0.0955. The first-order valence-electron chi connectivity index (χ1n) is 9.07. The molecule has 0 radical (unpaired) electrons. The fraction of sp³-hybridized carbons (Fsp3) is 0.300. The summed E-state index contributed by atoms with van der Waals surface area (Å²) in [5.41, 5.74) is 3.67. The maximum Gasteiger partial charge on any atom is 0.266 e.